The Morgan fingerprint density at radius 3 is 2.33 bits per heavy atom. The van der Waals surface area contributed by atoms with Gasteiger partial charge in [-0.3, -0.25) is 14.4 Å². The van der Waals surface area contributed by atoms with E-state index >= 15 is 0 Å². The van der Waals surface area contributed by atoms with Gasteiger partial charge in [0.2, 0.25) is 0 Å². The van der Waals surface area contributed by atoms with Gasteiger partial charge in [0.25, 0.3) is 5.91 Å². The summed E-state index contributed by atoms with van der Waals surface area (Å²) in [5.41, 5.74) is 5.32. The Morgan fingerprint density at radius 1 is 0.879 bits per heavy atom. The molecule has 6 heteroatoms. The molecule has 1 amide bonds. The molecule has 4 rings (SSSR count). The molecule has 2 aromatic carbocycles. The van der Waals surface area contributed by atoms with Crippen LogP contribution in [-0.4, -0.2) is 64.8 Å². The van der Waals surface area contributed by atoms with Crippen molar-refractivity contribution < 1.29 is 4.79 Å². The predicted octanol–water partition coefficient (Wildman–Crippen LogP) is 3.49. The van der Waals surface area contributed by atoms with Crippen molar-refractivity contribution in [2.45, 2.75) is 33.4 Å². The Bertz CT molecular complexity index is 1040. The van der Waals surface area contributed by atoms with Crippen LogP contribution in [0.4, 0.5) is 0 Å². The molecule has 1 fully saturated rings. The van der Waals surface area contributed by atoms with Crippen LogP contribution in [-0.2, 0) is 13.1 Å². The summed E-state index contributed by atoms with van der Waals surface area (Å²) in [6, 6.07) is 20.6. The first-order valence-corrected chi connectivity index (χ1v) is 11.9. The second kappa shape index (κ2) is 11.3. The standard InChI is InChI=1S/C27H35N5O/c1-22-18-23(2)32(29-22)21-25-10-6-11-26(19-25)27(33)28-12-7-13-30-14-16-31(17-15-30)20-24-8-4-3-5-9-24/h3-6,8-11,18-19H,7,12-17,20-21H2,1-2H3,(H,28,33). The fraction of sp³-hybridized carbons (Fsp3) is 0.407. The fourth-order valence-corrected chi connectivity index (χ4v) is 4.44. The number of piperazine rings is 1. The highest BCUT2D eigenvalue weighted by Crippen LogP contribution is 2.11. The number of amides is 1. The topological polar surface area (TPSA) is 53.4 Å². The molecule has 0 spiro atoms. The number of carbonyl (C=O) groups is 1. The first-order valence-electron chi connectivity index (χ1n) is 11.9. The molecule has 0 atom stereocenters. The Labute approximate surface area is 197 Å². The maximum atomic E-state index is 12.6. The summed E-state index contributed by atoms with van der Waals surface area (Å²) in [4.78, 5) is 17.7. The molecule has 3 aromatic rings. The third-order valence-electron chi connectivity index (χ3n) is 6.28. The first kappa shape index (κ1) is 23.2. The lowest BCUT2D eigenvalue weighted by Crippen LogP contribution is -2.46. The van der Waals surface area contributed by atoms with Gasteiger partial charge in [0.05, 0.1) is 12.2 Å². The summed E-state index contributed by atoms with van der Waals surface area (Å²) in [6.45, 7) is 11.9. The van der Waals surface area contributed by atoms with E-state index in [0.717, 1.165) is 62.6 Å². The second-order valence-corrected chi connectivity index (χ2v) is 9.00. The number of rotatable bonds is 9. The van der Waals surface area contributed by atoms with Gasteiger partial charge in [0.1, 0.15) is 0 Å². The number of carbonyl (C=O) groups excluding carboxylic acids is 1. The van der Waals surface area contributed by atoms with E-state index < -0.39 is 0 Å². The van der Waals surface area contributed by atoms with Gasteiger partial charge < -0.3 is 10.2 Å². The van der Waals surface area contributed by atoms with Crippen LogP contribution in [0.5, 0.6) is 0 Å². The number of aryl methyl sites for hydroxylation is 2. The summed E-state index contributed by atoms with van der Waals surface area (Å²) in [5.74, 6) is -0.00195. The highest BCUT2D eigenvalue weighted by Gasteiger charge is 2.16. The summed E-state index contributed by atoms with van der Waals surface area (Å²) in [5, 5.41) is 7.61. The van der Waals surface area contributed by atoms with E-state index in [1.54, 1.807) is 0 Å². The largest absolute Gasteiger partial charge is 0.352 e. The summed E-state index contributed by atoms with van der Waals surface area (Å²) < 4.78 is 1.98. The summed E-state index contributed by atoms with van der Waals surface area (Å²) in [6.07, 6.45) is 0.968. The predicted molar refractivity (Wildman–Crippen MR) is 132 cm³/mol. The minimum absolute atomic E-state index is 0.00195. The molecular formula is C27H35N5O. The van der Waals surface area contributed by atoms with Crippen molar-refractivity contribution >= 4 is 5.91 Å². The van der Waals surface area contributed by atoms with Crippen molar-refractivity contribution in [3.8, 4) is 0 Å². The van der Waals surface area contributed by atoms with Crippen molar-refractivity contribution in [3.63, 3.8) is 0 Å². The summed E-state index contributed by atoms with van der Waals surface area (Å²) >= 11 is 0. The summed E-state index contributed by atoms with van der Waals surface area (Å²) in [7, 11) is 0. The van der Waals surface area contributed by atoms with E-state index in [1.165, 1.54) is 5.56 Å². The lowest BCUT2D eigenvalue weighted by Gasteiger charge is -2.34. The van der Waals surface area contributed by atoms with E-state index in [2.05, 4.69) is 63.5 Å². The Balaban J connectivity index is 1.16. The van der Waals surface area contributed by atoms with Gasteiger partial charge >= 0.3 is 0 Å². The van der Waals surface area contributed by atoms with Crippen LogP contribution in [0.1, 0.15) is 39.3 Å². The molecule has 1 saturated heterocycles. The SMILES string of the molecule is Cc1cc(C)n(Cc2cccc(C(=O)NCCCN3CCN(Cc4ccccc4)CC3)c2)n1. The zero-order valence-electron chi connectivity index (χ0n) is 19.8. The van der Waals surface area contributed by atoms with Gasteiger partial charge in [-0.15, -0.1) is 0 Å². The van der Waals surface area contributed by atoms with Crippen LogP contribution in [0.15, 0.2) is 60.7 Å². The van der Waals surface area contributed by atoms with E-state index in [9.17, 15) is 4.79 Å². The van der Waals surface area contributed by atoms with Crippen LogP contribution >= 0.6 is 0 Å². The smallest absolute Gasteiger partial charge is 0.251 e. The number of hydrogen-bond acceptors (Lipinski definition) is 4. The van der Waals surface area contributed by atoms with E-state index in [1.807, 2.05) is 35.9 Å². The van der Waals surface area contributed by atoms with Gasteiger partial charge in [0.15, 0.2) is 0 Å². The van der Waals surface area contributed by atoms with Crippen LogP contribution in [0.2, 0.25) is 0 Å². The lowest BCUT2D eigenvalue weighted by molar-refractivity contribution is 0.0947. The quantitative estimate of drug-likeness (QED) is 0.513. The molecule has 1 aliphatic rings. The molecule has 0 radical (unpaired) electrons. The van der Waals surface area contributed by atoms with E-state index in [-0.39, 0.29) is 5.91 Å². The molecule has 1 N–H and O–H groups in total. The molecule has 1 aromatic heterocycles. The second-order valence-electron chi connectivity index (χ2n) is 9.00. The lowest BCUT2D eigenvalue weighted by atomic mass is 10.1. The number of benzene rings is 2. The average Bonchev–Trinajstić information content (AvgIpc) is 3.14. The molecular weight excluding hydrogens is 410 g/mol. The zero-order chi connectivity index (χ0) is 23.0. The van der Waals surface area contributed by atoms with Gasteiger partial charge in [-0.05, 0) is 56.1 Å². The van der Waals surface area contributed by atoms with Gasteiger partial charge in [-0.2, -0.15) is 5.10 Å². The molecule has 174 valence electrons. The number of nitrogens with zero attached hydrogens (tertiary/aromatic N) is 4. The Morgan fingerprint density at radius 2 is 1.61 bits per heavy atom. The van der Waals surface area contributed by atoms with Gasteiger partial charge in [-0.1, -0.05) is 42.5 Å². The van der Waals surface area contributed by atoms with Gasteiger partial charge in [-0.25, -0.2) is 0 Å². The van der Waals surface area contributed by atoms with Crippen LogP contribution in [0.3, 0.4) is 0 Å². The Kier molecular flexibility index (Phi) is 7.92. The average molecular weight is 446 g/mol. The van der Waals surface area contributed by atoms with E-state index in [4.69, 9.17) is 0 Å². The molecule has 33 heavy (non-hydrogen) atoms. The highest BCUT2D eigenvalue weighted by atomic mass is 16.1. The van der Waals surface area contributed by atoms with Crippen LogP contribution in [0, 0.1) is 13.8 Å². The normalized spacial score (nSPS) is 15.0. The van der Waals surface area contributed by atoms with Crippen molar-refractivity contribution in [2.24, 2.45) is 0 Å². The minimum atomic E-state index is -0.00195. The van der Waals surface area contributed by atoms with Crippen LogP contribution < -0.4 is 5.32 Å². The molecule has 2 heterocycles. The van der Waals surface area contributed by atoms with Crippen molar-refractivity contribution in [1.82, 2.24) is 24.9 Å². The monoisotopic (exact) mass is 445 g/mol. The molecule has 6 nitrogen and oxygen atoms in total. The third-order valence-corrected chi connectivity index (χ3v) is 6.28. The number of hydrogen-bond donors (Lipinski definition) is 1. The Hall–Kier alpha value is -2.96. The van der Waals surface area contributed by atoms with Crippen molar-refractivity contribution in [2.75, 3.05) is 39.3 Å². The number of aromatic nitrogens is 2. The fourth-order valence-electron chi connectivity index (χ4n) is 4.44. The third kappa shape index (κ3) is 6.76. The minimum Gasteiger partial charge on any atom is -0.352 e. The molecule has 0 unspecified atom stereocenters. The highest BCUT2D eigenvalue weighted by molar-refractivity contribution is 5.94. The van der Waals surface area contributed by atoms with Crippen molar-refractivity contribution in [1.29, 1.82) is 0 Å². The first-order chi connectivity index (χ1) is 16.1. The van der Waals surface area contributed by atoms with Gasteiger partial charge in [0, 0.05) is 50.5 Å². The molecule has 0 saturated carbocycles. The molecule has 0 bridgehead atoms. The van der Waals surface area contributed by atoms with E-state index in [0.29, 0.717) is 18.7 Å². The number of nitrogens with one attached hydrogen (secondary N) is 1. The maximum absolute atomic E-state index is 12.6. The van der Waals surface area contributed by atoms with Crippen LogP contribution in [0.25, 0.3) is 0 Å². The van der Waals surface area contributed by atoms with Crippen molar-refractivity contribution in [3.05, 3.63) is 88.7 Å². The zero-order valence-corrected chi connectivity index (χ0v) is 19.8. The molecule has 0 aliphatic carbocycles. The maximum Gasteiger partial charge on any atom is 0.251 e. The molecule has 1 aliphatic heterocycles.